The number of carboxylic acid groups (broad SMARTS) is 2. The molecule has 3 radical (unpaired) electrons. The Kier molecular flexibility index (Phi) is 9.48. The molecule has 0 amide bonds. The summed E-state index contributed by atoms with van der Waals surface area (Å²) in [6.07, 6.45) is 2.37. The topological polar surface area (TPSA) is 132 Å². The molecule has 5 heterocycles. The number of nitrogens with one attached hydrogen (secondary N) is 2. The van der Waals surface area contributed by atoms with Crippen molar-refractivity contribution in [3.05, 3.63) is 69.3 Å². The molecule has 0 spiro atoms. The Morgan fingerprint density at radius 3 is 1.44 bits per heavy atom. The third kappa shape index (κ3) is 6.11. The molecule has 0 aliphatic carbocycles. The molecule has 5 rings (SSSR count). The average molecular weight is 594 g/mol. The molecular weight excluding hydrogens is 555 g/mol. The fraction of sp³-hybridized carbons (Fsp3) is 0.353. The summed E-state index contributed by atoms with van der Waals surface area (Å²) < 4.78 is 0. The largest absolute Gasteiger partial charge is 0.481 e. The van der Waals surface area contributed by atoms with Crippen LogP contribution in [0.1, 0.15) is 98.4 Å². The normalized spacial score (nSPS) is 13.0. The van der Waals surface area contributed by atoms with Gasteiger partial charge in [-0.15, -0.1) is 0 Å². The molecule has 0 saturated carbocycles. The van der Waals surface area contributed by atoms with E-state index in [1.165, 1.54) is 16.7 Å². The highest BCUT2D eigenvalue weighted by Gasteiger charge is 2.22. The predicted octanol–water partition coefficient (Wildman–Crippen LogP) is 7.27. The van der Waals surface area contributed by atoms with E-state index in [4.69, 9.17) is 9.97 Å². The van der Waals surface area contributed by atoms with Crippen molar-refractivity contribution in [1.82, 2.24) is 19.9 Å². The van der Waals surface area contributed by atoms with E-state index in [0.717, 1.165) is 74.2 Å². The zero-order valence-corrected chi connectivity index (χ0v) is 26.9. The second-order valence-corrected chi connectivity index (χ2v) is 11.2. The van der Waals surface area contributed by atoms with Crippen molar-refractivity contribution >= 4 is 73.7 Å². The molecule has 221 valence electrons. The Labute approximate surface area is 262 Å². The van der Waals surface area contributed by atoms with Gasteiger partial charge < -0.3 is 20.2 Å². The summed E-state index contributed by atoms with van der Waals surface area (Å²) in [5, 5.41) is 18.9. The van der Waals surface area contributed by atoms with E-state index >= 15 is 0 Å². The van der Waals surface area contributed by atoms with Gasteiger partial charge in [0.05, 0.1) is 22.8 Å². The standard InChI is InChI=1S/C34H38N4O4.Al/c1-7-21-17(3)25-13-26-19(5)23(9-11-33(39)40)31(37-26)16-32-24(10-12-34(41)42)20(6)28(38-32)15-30-22(8-2)18(4)27(36-30)14-29(21)35-25;/h13-16,35-36H,7-12H2,1-6H3,(H,39,40)(H,41,42);. The highest BCUT2D eigenvalue weighted by atomic mass is 27.0. The van der Waals surface area contributed by atoms with Crippen LogP contribution in [-0.2, 0) is 22.4 Å². The Hall–Kier alpha value is -3.93. The Morgan fingerprint density at radius 2 is 1.02 bits per heavy atom. The minimum Gasteiger partial charge on any atom is -0.481 e. The molecule has 3 aromatic heterocycles. The van der Waals surface area contributed by atoms with Gasteiger partial charge in [-0.05, 0) is 122 Å². The van der Waals surface area contributed by atoms with Crippen molar-refractivity contribution < 1.29 is 19.8 Å². The molecule has 2 aliphatic heterocycles. The van der Waals surface area contributed by atoms with Crippen LogP contribution in [0.4, 0.5) is 0 Å². The Bertz CT molecular complexity index is 1860. The molecule has 2 aliphatic rings. The zero-order valence-electron chi connectivity index (χ0n) is 25.7. The van der Waals surface area contributed by atoms with Crippen LogP contribution in [0.25, 0.3) is 44.4 Å². The number of hydrogen-bond donors (Lipinski definition) is 4. The number of aromatic nitrogens is 4. The first-order valence-electron chi connectivity index (χ1n) is 14.6. The third-order valence-electron chi connectivity index (χ3n) is 8.69. The number of hydrogen-bond acceptors (Lipinski definition) is 4. The lowest BCUT2D eigenvalue weighted by Crippen LogP contribution is -1.97. The summed E-state index contributed by atoms with van der Waals surface area (Å²) in [6, 6.07) is 8.19. The fourth-order valence-electron chi connectivity index (χ4n) is 6.22. The number of aromatic amines is 2. The maximum Gasteiger partial charge on any atom is 0.303 e. The van der Waals surface area contributed by atoms with Gasteiger partial charge >= 0.3 is 11.9 Å². The molecule has 8 nitrogen and oxygen atoms in total. The maximum atomic E-state index is 11.5. The molecular formula is C34H38AlN4O4. The number of allylic oxidation sites excluding steroid dienone is 4. The summed E-state index contributed by atoms with van der Waals surface area (Å²) in [4.78, 5) is 40.3. The van der Waals surface area contributed by atoms with Crippen LogP contribution in [-0.4, -0.2) is 59.4 Å². The van der Waals surface area contributed by atoms with Crippen LogP contribution in [0.2, 0.25) is 0 Å². The SMILES string of the molecule is CCc1c(C)c2cc3[nH]c(cc4nc(cc5nc(cc1[nH]2)C(C)=C5CCC(=O)O)C(CCC(=O)O)=C4C)c(C)c3CC.[Al]. The van der Waals surface area contributed by atoms with Gasteiger partial charge in [-0.2, -0.15) is 0 Å². The third-order valence-corrected chi connectivity index (χ3v) is 8.69. The van der Waals surface area contributed by atoms with Crippen LogP contribution in [0, 0.1) is 13.8 Å². The number of aliphatic carboxylic acids is 2. The maximum absolute atomic E-state index is 11.5. The molecule has 9 heteroatoms. The average Bonchev–Trinajstić information content (AvgIpc) is 3.59. The van der Waals surface area contributed by atoms with Crippen molar-refractivity contribution in [3.63, 3.8) is 0 Å². The second-order valence-electron chi connectivity index (χ2n) is 11.2. The molecule has 0 saturated heterocycles. The molecule has 0 aromatic carbocycles. The lowest BCUT2D eigenvalue weighted by Gasteiger charge is -2.05. The van der Waals surface area contributed by atoms with Crippen LogP contribution >= 0.6 is 0 Å². The summed E-state index contributed by atoms with van der Waals surface area (Å²) in [5.41, 5.74) is 15.4. The van der Waals surface area contributed by atoms with Crippen LogP contribution < -0.4 is 0 Å². The lowest BCUT2D eigenvalue weighted by molar-refractivity contribution is -0.137. The van der Waals surface area contributed by atoms with E-state index in [2.05, 4.69) is 49.8 Å². The molecule has 0 atom stereocenters. The van der Waals surface area contributed by atoms with Crippen LogP contribution in [0.15, 0.2) is 24.3 Å². The van der Waals surface area contributed by atoms with Gasteiger partial charge in [-0.25, -0.2) is 9.97 Å². The predicted molar refractivity (Wildman–Crippen MR) is 174 cm³/mol. The van der Waals surface area contributed by atoms with Crippen LogP contribution in [0.5, 0.6) is 0 Å². The number of carboxylic acids is 2. The first-order valence-corrected chi connectivity index (χ1v) is 14.6. The summed E-state index contributed by atoms with van der Waals surface area (Å²) in [6.45, 7) is 12.5. The minimum atomic E-state index is -0.869. The highest BCUT2D eigenvalue weighted by molar-refractivity contribution is 5.96. The van der Waals surface area contributed by atoms with Gasteiger partial charge in [-0.3, -0.25) is 9.59 Å². The summed E-state index contributed by atoms with van der Waals surface area (Å²) in [7, 11) is 0. The van der Waals surface area contributed by atoms with Crippen molar-refractivity contribution in [1.29, 1.82) is 0 Å². The van der Waals surface area contributed by atoms with Gasteiger partial charge in [0.1, 0.15) is 0 Å². The van der Waals surface area contributed by atoms with E-state index in [1.807, 2.05) is 26.0 Å². The summed E-state index contributed by atoms with van der Waals surface area (Å²) in [5.74, 6) is -1.74. The molecule has 3 aromatic rings. The number of rotatable bonds is 8. The number of carbonyl (C=O) groups is 2. The Morgan fingerprint density at radius 1 is 0.628 bits per heavy atom. The molecule has 43 heavy (non-hydrogen) atoms. The fourth-order valence-corrected chi connectivity index (χ4v) is 6.22. The van der Waals surface area contributed by atoms with Crippen LogP contribution in [0.3, 0.4) is 0 Å². The van der Waals surface area contributed by atoms with E-state index in [1.54, 1.807) is 0 Å². The molecule has 4 N–H and O–H groups in total. The van der Waals surface area contributed by atoms with E-state index in [-0.39, 0.29) is 30.2 Å². The number of aryl methyl sites for hydroxylation is 4. The monoisotopic (exact) mass is 593 g/mol. The highest BCUT2D eigenvalue weighted by Crippen LogP contribution is 2.38. The smallest absolute Gasteiger partial charge is 0.303 e. The Balaban J connectivity index is 0.00000423. The van der Waals surface area contributed by atoms with Gasteiger partial charge in [0.2, 0.25) is 0 Å². The molecule has 0 unspecified atom stereocenters. The van der Waals surface area contributed by atoms with E-state index in [0.29, 0.717) is 24.2 Å². The van der Waals surface area contributed by atoms with Crippen molar-refractivity contribution in [3.8, 4) is 0 Å². The first kappa shape index (κ1) is 32.0. The van der Waals surface area contributed by atoms with Gasteiger partial charge in [0, 0.05) is 52.3 Å². The van der Waals surface area contributed by atoms with Gasteiger partial charge in [0.25, 0.3) is 0 Å². The van der Waals surface area contributed by atoms with E-state index < -0.39 is 11.9 Å². The molecule has 8 bridgehead atoms. The lowest BCUT2D eigenvalue weighted by atomic mass is 9.98. The van der Waals surface area contributed by atoms with E-state index in [9.17, 15) is 19.8 Å². The summed E-state index contributed by atoms with van der Waals surface area (Å²) >= 11 is 0. The van der Waals surface area contributed by atoms with Gasteiger partial charge in [-0.1, -0.05) is 13.8 Å². The zero-order chi connectivity index (χ0) is 30.3. The second kappa shape index (κ2) is 12.7. The number of nitrogens with zero attached hydrogens (tertiary/aromatic N) is 2. The van der Waals surface area contributed by atoms with Crippen molar-refractivity contribution in [2.24, 2.45) is 0 Å². The van der Waals surface area contributed by atoms with Gasteiger partial charge in [0.15, 0.2) is 0 Å². The molecule has 0 fully saturated rings. The first-order chi connectivity index (χ1) is 20.0. The van der Waals surface area contributed by atoms with Crippen molar-refractivity contribution in [2.45, 2.75) is 80.1 Å². The number of fused-ring (bicyclic) bond motifs is 8. The minimum absolute atomic E-state index is 0. The quantitative estimate of drug-likeness (QED) is 0.203. The number of H-pyrrole nitrogens is 2. The van der Waals surface area contributed by atoms with Crippen molar-refractivity contribution in [2.75, 3.05) is 0 Å².